The maximum atomic E-state index is 13.2. The summed E-state index contributed by atoms with van der Waals surface area (Å²) in [7, 11) is 0. The van der Waals surface area contributed by atoms with Gasteiger partial charge < -0.3 is 14.6 Å². The third kappa shape index (κ3) is 3.26. The van der Waals surface area contributed by atoms with E-state index in [1.807, 2.05) is 49.6 Å². The lowest BCUT2D eigenvalue weighted by Gasteiger charge is -2.25. The summed E-state index contributed by atoms with van der Waals surface area (Å²) in [5, 5.41) is 13.2. The largest absolute Gasteiger partial charge is 0.507 e. The van der Waals surface area contributed by atoms with E-state index in [4.69, 9.17) is 9.47 Å². The molecule has 3 aromatic rings. The first kappa shape index (κ1) is 20.3. The molecule has 2 aromatic carbocycles. The molecule has 1 amide bonds. The van der Waals surface area contributed by atoms with Gasteiger partial charge in [-0.3, -0.25) is 14.5 Å². The van der Waals surface area contributed by atoms with Crippen molar-refractivity contribution in [3.05, 3.63) is 81.1 Å². The molecule has 2 aliphatic rings. The quantitative estimate of drug-likeness (QED) is 0.356. The SMILES string of the molecule is Cc1ccc(N2C(=O)C(=O)/C(=C(\O)c3ccc4c(c3)OCCO4)C2c2sccc2C)cc1. The molecule has 0 spiro atoms. The number of Topliss-reactive ketones (excluding diaryl/α,β-unsaturated/α-hetero) is 1. The van der Waals surface area contributed by atoms with Crippen LogP contribution in [0.4, 0.5) is 5.69 Å². The molecule has 1 fully saturated rings. The van der Waals surface area contributed by atoms with E-state index in [9.17, 15) is 14.7 Å². The Balaban J connectivity index is 1.69. The lowest BCUT2D eigenvalue weighted by Crippen LogP contribution is -2.29. The van der Waals surface area contributed by atoms with Crippen molar-refractivity contribution >= 4 is 34.5 Å². The molecular weight excluding hydrogens is 426 g/mol. The van der Waals surface area contributed by atoms with E-state index in [1.54, 1.807) is 18.2 Å². The molecule has 162 valence electrons. The number of carbonyl (C=O) groups is 2. The number of benzene rings is 2. The molecule has 0 aliphatic carbocycles. The predicted molar refractivity (Wildman–Crippen MR) is 122 cm³/mol. The number of anilines is 1. The van der Waals surface area contributed by atoms with Crippen LogP contribution in [0.15, 0.2) is 59.5 Å². The van der Waals surface area contributed by atoms with Gasteiger partial charge in [-0.15, -0.1) is 11.3 Å². The van der Waals surface area contributed by atoms with Gasteiger partial charge >= 0.3 is 0 Å². The number of ketones is 1. The van der Waals surface area contributed by atoms with Gasteiger partial charge in [-0.1, -0.05) is 17.7 Å². The highest BCUT2D eigenvalue weighted by Gasteiger charge is 2.48. The Bertz CT molecular complexity index is 1260. The van der Waals surface area contributed by atoms with Gasteiger partial charge in [-0.05, 0) is 61.2 Å². The standard InChI is InChI=1S/C25H21NO5S/c1-14-3-6-17(7-4-14)26-21(24-15(2)9-12-32-24)20(23(28)25(26)29)22(27)16-5-8-18-19(13-16)31-11-10-30-18/h3-9,12-13,21,27H,10-11H2,1-2H3/b22-20-. The number of ether oxygens (including phenoxy) is 2. The van der Waals surface area contributed by atoms with Crippen LogP contribution in [0.5, 0.6) is 11.5 Å². The number of thiophene rings is 1. The number of amides is 1. The number of aliphatic hydroxyl groups is 1. The fraction of sp³-hybridized carbons (Fsp3) is 0.200. The predicted octanol–water partition coefficient (Wildman–Crippen LogP) is 4.76. The van der Waals surface area contributed by atoms with E-state index in [0.29, 0.717) is 36.0 Å². The zero-order chi connectivity index (χ0) is 22.4. The molecule has 32 heavy (non-hydrogen) atoms. The fourth-order valence-corrected chi connectivity index (χ4v) is 5.09. The highest BCUT2D eigenvalue weighted by atomic mass is 32.1. The van der Waals surface area contributed by atoms with Crippen molar-refractivity contribution in [2.24, 2.45) is 0 Å². The molecule has 0 radical (unpaired) electrons. The zero-order valence-electron chi connectivity index (χ0n) is 17.6. The molecule has 1 aromatic heterocycles. The molecule has 0 saturated carbocycles. The summed E-state index contributed by atoms with van der Waals surface area (Å²) in [5.41, 5.74) is 3.07. The van der Waals surface area contributed by atoms with Crippen LogP contribution >= 0.6 is 11.3 Å². The molecule has 7 heteroatoms. The first-order valence-corrected chi connectivity index (χ1v) is 11.2. The number of aryl methyl sites for hydroxylation is 2. The summed E-state index contributed by atoms with van der Waals surface area (Å²) in [6.45, 7) is 4.76. The Morgan fingerprint density at radius 2 is 1.72 bits per heavy atom. The van der Waals surface area contributed by atoms with Crippen molar-refractivity contribution in [1.29, 1.82) is 0 Å². The van der Waals surface area contributed by atoms with Crippen molar-refractivity contribution in [3.8, 4) is 11.5 Å². The van der Waals surface area contributed by atoms with Crippen molar-refractivity contribution < 1.29 is 24.2 Å². The minimum atomic E-state index is -0.717. The van der Waals surface area contributed by atoms with E-state index in [0.717, 1.165) is 16.0 Å². The van der Waals surface area contributed by atoms with Crippen LogP contribution in [-0.2, 0) is 9.59 Å². The number of rotatable bonds is 3. The van der Waals surface area contributed by atoms with Crippen LogP contribution in [0.25, 0.3) is 5.76 Å². The highest BCUT2D eigenvalue weighted by molar-refractivity contribution is 7.10. The summed E-state index contributed by atoms with van der Waals surface area (Å²) in [6.07, 6.45) is 0. The number of aliphatic hydroxyl groups excluding tert-OH is 1. The first-order chi connectivity index (χ1) is 15.5. The second-order valence-electron chi connectivity index (χ2n) is 7.83. The Morgan fingerprint density at radius 3 is 2.41 bits per heavy atom. The average Bonchev–Trinajstić information content (AvgIpc) is 3.34. The van der Waals surface area contributed by atoms with E-state index >= 15 is 0 Å². The molecule has 3 heterocycles. The van der Waals surface area contributed by atoms with Gasteiger partial charge in [0.25, 0.3) is 11.7 Å². The second kappa shape index (κ2) is 7.84. The van der Waals surface area contributed by atoms with Crippen molar-refractivity contribution in [2.45, 2.75) is 19.9 Å². The number of fused-ring (bicyclic) bond motifs is 1. The maximum Gasteiger partial charge on any atom is 0.300 e. The maximum absolute atomic E-state index is 13.2. The van der Waals surface area contributed by atoms with Crippen LogP contribution in [0.2, 0.25) is 0 Å². The zero-order valence-corrected chi connectivity index (χ0v) is 18.4. The molecule has 1 saturated heterocycles. The normalized spacial score (nSPS) is 19.4. The van der Waals surface area contributed by atoms with E-state index in [-0.39, 0.29) is 11.3 Å². The van der Waals surface area contributed by atoms with Crippen LogP contribution in [0.3, 0.4) is 0 Å². The Morgan fingerprint density at radius 1 is 1.00 bits per heavy atom. The summed E-state index contributed by atoms with van der Waals surface area (Å²) < 4.78 is 11.2. The smallest absolute Gasteiger partial charge is 0.300 e. The fourth-order valence-electron chi connectivity index (χ4n) is 4.06. The van der Waals surface area contributed by atoms with Gasteiger partial charge in [0.1, 0.15) is 25.0 Å². The second-order valence-corrected chi connectivity index (χ2v) is 8.78. The van der Waals surface area contributed by atoms with Crippen LogP contribution in [0, 0.1) is 13.8 Å². The Labute approximate surface area is 189 Å². The highest BCUT2D eigenvalue weighted by Crippen LogP contribution is 2.45. The minimum Gasteiger partial charge on any atom is -0.507 e. The third-order valence-electron chi connectivity index (χ3n) is 5.72. The van der Waals surface area contributed by atoms with Crippen molar-refractivity contribution in [3.63, 3.8) is 0 Å². The molecule has 6 nitrogen and oxygen atoms in total. The molecule has 1 atom stereocenters. The lowest BCUT2D eigenvalue weighted by atomic mass is 9.98. The monoisotopic (exact) mass is 447 g/mol. The minimum absolute atomic E-state index is 0.0674. The summed E-state index contributed by atoms with van der Waals surface area (Å²) in [5.74, 6) is -0.523. The average molecular weight is 448 g/mol. The Hall–Kier alpha value is -3.58. The molecule has 0 bridgehead atoms. The molecule has 1 N–H and O–H groups in total. The van der Waals surface area contributed by atoms with Gasteiger partial charge in [-0.2, -0.15) is 0 Å². The summed E-state index contributed by atoms with van der Waals surface area (Å²) >= 11 is 1.46. The number of hydrogen-bond donors (Lipinski definition) is 1. The summed E-state index contributed by atoms with van der Waals surface area (Å²) in [4.78, 5) is 28.7. The van der Waals surface area contributed by atoms with Crippen LogP contribution < -0.4 is 14.4 Å². The Kier molecular flexibility index (Phi) is 4.98. The number of nitrogens with zero attached hydrogens (tertiary/aromatic N) is 1. The van der Waals surface area contributed by atoms with E-state index in [1.165, 1.54) is 16.2 Å². The van der Waals surface area contributed by atoms with Gasteiger partial charge in [0.15, 0.2) is 11.5 Å². The van der Waals surface area contributed by atoms with Gasteiger partial charge in [0.2, 0.25) is 0 Å². The number of carbonyl (C=O) groups excluding carboxylic acids is 2. The van der Waals surface area contributed by atoms with Crippen LogP contribution in [-0.4, -0.2) is 30.0 Å². The van der Waals surface area contributed by atoms with Gasteiger partial charge in [0.05, 0.1) is 5.57 Å². The van der Waals surface area contributed by atoms with E-state index < -0.39 is 17.7 Å². The molecule has 5 rings (SSSR count). The van der Waals surface area contributed by atoms with Gasteiger partial charge in [0, 0.05) is 16.1 Å². The third-order valence-corrected chi connectivity index (χ3v) is 6.79. The lowest BCUT2D eigenvalue weighted by molar-refractivity contribution is -0.132. The molecule has 2 aliphatic heterocycles. The van der Waals surface area contributed by atoms with Crippen molar-refractivity contribution in [1.82, 2.24) is 0 Å². The number of hydrogen-bond acceptors (Lipinski definition) is 6. The van der Waals surface area contributed by atoms with Gasteiger partial charge in [-0.25, -0.2) is 0 Å². The van der Waals surface area contributed by atoms with Crippen LogP contribution in [0.1, 0.15) is 27.6 Å². The molecule has 1 unspecified atom stereocenters. The topological polar surface area (TPSA) is 76.1 Å². The van der Waals surface area contributed by atoms with Crippen molar-refractivity contribution in [2.75, 3.05) is 18.1 Å². The first-order valence-electron chi connectivity index (χ1n) is 10.3. The summed E-state index contributed by atoms with van der Waals surface area (Å²) in [6, 6.07) is 13.7. The molecular formula is C25H21NO5S. The van der Waals surface area contributed by atoms with E-state index in [2.05, 4.69) is 0 Å².